The number of morpholine rings is 1. The molecule has 14 heavy (non-hydrogen) atoms. The number of ether oxygens (including phenoxy) is 1. The lowest BCUT2D eigenvalue weighted by Crippen LogP contribution is -2.45. The molecule has 1 atom stereocenters. The molecule has 1 saturated heterocycles. The largest absolute Gasteiger partial charge is 0.378 e. The van der Waals surface area contributed by atoms with Crippen molar-refractivity contribution in [1.82, 2.24) is 5.32 Å². The van der Waals surface area contributed by atoms with Gasteiger partial charge in [0.1, 0.15) is 0 Å². The van der Waals surface area contributed by atoms with Gasteiger partial charge in [-0.25, -0.2) is 0 Å². The van der Waals surface area contributed by atoms with Gasteiger partial charge in [0.15, 0.2) is 0 Å². The lowest BCUT2D eigenvalue weighted by atomic mass is 10.3. The van der Waals surface area contributed by atoms with E-state index in [4.69, 9.17) is 16.3 Å². The third kappa shape index (κ3) is 2.85. The standard InChI is InChI=1S/C9H13ClN2OS/c10-8-1-2-9(14-8)12-5-7-6-13-4-3-11-7/h1-2,7,11-12H,3-6H2. The predicted octanol–water partition coefficient (Wildman–Crippen LogP) is 1.80. The van der Waals surface area contributed by atoms with Gasteiger partial charge in [0, 0.05) is 19.1 Å². The number of hydrogen-bond donors (Lipinski definition) is 2. The SMILES string of the molecule is Clc1ccc(NCC2COCCN2)s1. The summed E-state index contributed by atoms with van der Waals surface area (Å²) in [6, 6.07) is 4.31. The van der Waals surface area contributed by atoms with Crippen LogP contribution < -0.4 is 10.6 Å². The maximum absolute atomic E-state index is 5.82. The number of hydrogen-bond acceptors (Lipinski definition) is 4. The molecule has 3 nitrogen and oxygen atoms in total. The molecule has 2 heterocycles. The van der Waals surface area contributed by atoms with Crippen LogP contribution in [0.4, 0.5) is 5.00 Å². The van der Waals surface area contributed by atoms with Crippen LogP contribution in [-0.2, 0) is 4.74 Å². The van der Waals surface area contributed by atoms with E-state index in [1.54, 1.807) is 11.3 Å². The lowest BCUT2D eigenvalue weighted by Gasteiger charge is -2.23. The summed E-state index contributed by atoms with van der Waals surface area (Å²) >= 11 is 7.38. The topological polar surface area (TPSA) is 33.3 Å². The molecule has 1 aliphatic heterocycles. The smallest absolute Gasteiger partial charge is 0.0950 e. The van der Waals surface area contributed by atoms with E-state index in [1.807, 2.05) is 12.1 Å². The Bertz CT molecular complexity index is 286. The minimum atomic E-state index is 0.407. The van der Waals surface area contributed by atoms with Crippen LogP contribution in [0, 0.1) is 0 Å². The first-order valence-electron chi connectivity index (χ1n) is 4.65. The molecule has 0 amide bonds. The molecule has 5 heteroatoms. The van der Waals surface area contributed by atoms with Crippen molar-refractivity contribution < 1.29 is 4.74 Å². The Morgan fingerprint density at radius 2 is 2.57 bits per heavy atom. The second-order valence-electron chi connectivity index (χ2n) is 3.21. The van der Waals surface area contributed by atoms with E-state index in [0.717, 1.165) is 35.6 Å². The number of anilines is 1. The summed E-state index contributed by atoms with van der Waals surface area (Å²) in [6.45, 7) is 3.43. The van der Waals surface area contributed by atoms with Crippen molar-refractivity contribution in [3.05, 3.63) is 16.5 Å². The van der Waals surface area contributed by atoms with E-state index in [1.165, 1.54) is 0 Å². The Labute approximate surface area is 92.4 Å². The van der Waals surface area contributed by atoms with Crippen molar-refractivity contribution >= 4 is 27.9 Å². The number of nitrogens with one attached hydrogen (secondary N) is 2. The Balaban J connectivity index is 1.76. The number of rotatable bonds is 3. The van der Waals surface area contributed by atoms with Gasteiger partial charge < -0.3 is 15.4 Å². The third-order valence-electron chi connectivity index (χ3n) is 2.09. The van der Waals surface area contributed by atoms with Gasteiger partial charge >= 0.3 is 0 Å². The average Bonchev–Trinajstić information content (AvgIpc) is 2.63. The quantitative estimate of drug-likeness (QED) is 0.834. The minimum absolute atomic E-state index is 0.407. The molecule has 1 aromatic rings. The highest BCUT2D eigenvalue weighted by molar-refractivity contribution is 7.19. The van der Waals surface area contributed by atoms with Gasteiger partial charge in [-0.15, -0.1) is 11.3 Å². The summed E-state index contributed by atoms with van der Waals surface area (Å²) in [5, 5.41) is 7.82. The summed E-state index contributed by atoms with van der Waals surface area (Å²) in [6.07, 6.45) is 0. The van der Waals surface area contributed by atoms with E-state index >= 15 is 0 Å². The van der Waals surface area contributed by atoms with E-state index in [2.05, 4.69) is 10.6 Å². The van der Waals surface area contributed by atoms with Crippen molar-refractivity contribution in [2.45, 2.75) is 6.04 Å². The highest BCUT2D eigenvalue weighted by atomic mass is 35.5. The highest BCUT2D eigenvalue weighted by Gasteiger charge is 2.12. The highest BCUT2D eigenvalue weighted by Crippen LogP contribution is 2.25. The molecule has 1 fully saturated rings. The van der Waals surface area contributed by atoms with Crippen LogP contribution in [0.15, 0.2) is 12.1 Å². The fourth-order valence-corrected chi connectivity index (χ4v) is 2.33. The van der Waals surface area contributed by atoms with Crippen LogP contribution in [0.1, 0.15) is 0 Å². The summed E-state index contributed by atoms with van der Waals surface area (Å²) in [5.41, 5.74) is 0. The van der Waals surface area contributed by atoms with E-state index in [-0.39, 0.29) is 0 Å². The normalized spacial score (nSPS) is 22.2. The molecule has 0 aromatic carbocycles. The molecule has 2 rings (SSSR count). The van der Waals surface area contributed by atoms with Gasteiger partial charge in [-0.3, -0.25) is 0 Å². The second kappa shape index (κ2) is 4.98. The molecule has 0 aliphatic carbocycles. The van der Waals surface area contributed by atoms with E-state index in [0.29, 0.717) is 6.04 Å². The first-order valence-corrected chi connectivity index (χ1v) is 5.84. The summed E-state index contributed by atoms with van der Waals surface area (Å²) < 4.78 is 6.17. The van der Waals surface area contributed by atoms with Crippen molar-refractivity contribution in [2.24, 2.45) is 0 Å². The number of halogens is 1. The Morgan fingerprint density at radius 1 is 1.64 bits per heavy atom. The van der Waals surface area contributed by atoms with Crippen LogP contribution in [-0.4, -0.2) is 32.3 Å². The molecule has 1 aromatic heterocycles. The Morgan fingerprint density at radius 3 is 3.21 bits per heavy atom. The zero-order valence-electron chi connectivity index (χ0n) is 7.75. The summed E-state index contributed by atoms with van der Waals surface area (Å²) in [5.74, 6) is 0. The molecular formula is C9H13ClN2OS. The first kappa shape index (κ1) is 10.2. The molecule has 0 saturated carbocycles. The zero-order chi connectivity index (χ0) is 9.80. The molecule has 0 bridgehead atoms. The monoisotopic (exact) mass is 232 g/mol. The van der Waals surface area contributed by atoms with Crippen LogP contribution in [0.2, 0.25) is 4.34 Å². The van der Waals surface area contributed by atoms with Crippen LogP contribution in [0.25, 0.3) is 0 Å². The molecule has 1 unspecified atom stereocenters. The lowest BCUT2D eigenvalue weighted by molar-refractivity contribution is 0.0807. The van der Waals surface area contributed by atoms with Gasteiger partial charge in [-0.2, -0.15) is 0 Å². The fourth-order valence-electron chi connectivity index (χ4n) is 1.38. The maximum atomic E-state index is 5.82. The van der Waals surface area contributed by atoms with Crippen LogP contribution in [0.3, 0.4) is 0 Å². The maximum Gasteiger partial charge on any atom is 0.0950 e. The van der Waals surface area contributed by atoms with Crippen molar-refractivity contribution in [2.75, 3.05) is 31.6 Å². The van der Waals surface area contributed by atoms with Gasteiger partial charge in [-0.05, 0) is 12.1 Å². The summed E-state index contributed by atoms with van der Waals surface area (Å²) in [4.78, 5) is 0. The van der Waals surface area contributed by atoms with Gasteiger partial charge in [0.2, 0.25) is 0 Å². The zero-order valence-corrected chi connectivity index (χ0v) is 9.33. The first-order chi connectivity index (χ1) is 6.84. The third-order valence-corrected chi connectivity index (χ3v) is 3.28. The fraction of sp³-hybridized carbons (Fsp3) is 0.556. The van der Waals surface area contributed by atoms with Crippen LogP contribution in [0.5, 0.6) is 0 Å². The van der Waals surface area contributed by atoms with Gasteiger partial charge in [-0.1, -0.05) is 11.6 Å². The van der Waals surface area contributed by atoms with Gasteiger partial charge in [0.25, 0.3) is 0 Å². The van der Waals surface area contributed by atoms with Crippen molar-refractivity contribution in [3.63, 3.8) is 0 Å². The van der Waals surface area contributed by atoms with E-state index in [9.17, 15) is 0 Å². The van der Waals surface area contributed by atoms with Crippen molar-refractivity contribution in [3.8, 4) is 0 Å². The Hall–Kier alpha value is -0.290. The second-order valence-corrected chi connectivity index (χ2v) is 4.93. The minimum Gasteiger partial charge on any atom is -0.378 e. The molecule has 0 radical (unpaired) electrons. The molecular weight excluding hydrogens is 220 g/mol. The average molecular weight is 233 g/mol. The molecule has 2 N–H and O–H groups in total. The molecule has 78 valence electrons. The Kier molecular flexibility index (Phi) is 3.64. The van der Waals surface area contributed by atoms with Crippen LogP contribution >= 0.6 is 22.9 Å². The molecule has 1 aliphatic rings. The summed E-state index contributed by atoms with van der Waals surface area (Å²) in [7, 11) is 0. The predicted molar refractivity (Wildman–Crippen MR) is 60.4 cm³/mol. The van der Waals surface area contributed by atoms with Gasteiger partial charge in [0.05, 0.1) is 22.6 Å². The van der Waals surface area contributed by atoms with Crippen molar-refractivity contribution in [1.29, 1.82) is 0 Å². The number of thiophene rings is 1. The van der Waals surface area contributed by atoms with E-state index < -0.39 is 0 Å². The molecule has 0 spiro atoms.